The summed E-state index contributed by atoms with van der Waals surface area (Å²) in [5, 5.41) is 8.59. The number of aliphatic carboxylic acids is 1. The van der Waals surface area contributed by atoms with Gasteiger partial charge in [-0.2, -0.15) is 0 Å². The summed E-state index contributed by atoms with van der Waals surface area (Å²) in [4.78, 5) is 10.5. The number of carbonyl (C=O) groups is 1. The Morgan fingerprint density at radius 2 is 2.07 bits per heavy atom. The molecule has 0 spiro atoms. The van der Waals surface area contributed by atoms with Crippen molar-refractivity contribution >= 4 is 5.97 Å². The molecule has 2 N–H and O–H groups in total. The highest BCUT2D eigenvalue weighted by atomic mass is 19.2. The van der Waals surface area contributed by atoms with Gasteiger partial charge in [0.1, 0.15) is 6.04 Å². The van der Waals surface area contributed by atoms with Crippen LogP contribution in [0.3, 0.4) is 0 Å². The van der Waals surface area contributed by atoms with Crippen LogP contribution in [0.15, 0.2) is 24.3 Å². The fraction of sp³-hybridized carbons (Fsp3) is 0.300. The van der Waals surface area contributed by atoms with E-state index in [-0.39, 0.29) is 6.42 Å². The maximum absolute atomic E-state index is 12.0. The van der Waals surface area contributed by atoms with Gasteiger partial charge in [0.05, 0.1) is 0 Å². The van der Waals surface area contributed by atoms with Crippen molar-refractivity contribution in [2.24, 2.45) is 0 Å². The van der Waals surface area contributed by atoms with Crippen LogP contribution in [0.2, 0.25) is 0 Å². The van der Waals surface area contributed by atoms with Crippen LogP contribution in [-0.2, 0) is 11.2 Å². The second-order valence-corrected chi connectivity index (χ2v) is 3.19. The number of hydrogen-bond acceptors (Lipinski definition) is 2. The van der Waals surface area contributed by atoms with Gasteiger partial charge in [0.15, 0.2) is 0 Å². The van der Waals surface area contributed by atoms with Crippen LogP contribution in [0, 0.1) is 6.92 Å². The van der Waals surface area contributed by atoms with Crippen molar-refractivity contribution in [3.8, 4) is 0 Å². The first-order valence-electron chi connectivity index (χ1n) is 4.28. The van der Waals surface area contributed by atoms with E-state index in [0.717, 1.165) is 11.1 Å². The maximum atomic E-state index is 12.0. The molecule has 14 heavy (non-hydrogen) atoms. The molecule has 0 aliphatic rings. The van der Waals surface area contributed by atoms with Gasteiger partial charge >= 0.3 is 5.97 Å². The third-order valence-corrected chi connectivity index (χ3v) is 1.99. The molecule has 3 nitrogen and oxygen atoms in total. The quantitative estimate of drug-likeness (QED) is 0.718. The summed E-state index contributed by atoms with van der Waals surface area (Å²) in [5.41, 5.74) is 3.16. The molecule has 1 aromatic carbocycles. The second-order valence-electron chi connectivity index (χ2n) is 3.19. The molecule has 4 heteroatoms. The van der Waals surface area contributed by atoms with Gasteiger partial charge in [-0.1, -0.05) is 29.8 Å². The van der Waals surface area contributed by atoms with Gasteiger partial charge < -0.3 is 5.11 Å². The van der Waals surface area contributed by atoms with Gasteiger partial charge in [0.2, 0.25) is 0 Å². The molecule has 0 bridgehead atoms. The predicted molar refractivity (Wildman–Crippen MR) is 50.6 cm³/mol. The minimum atomic E-state index is -1.19. The first-order valence-corrected chi connectivity index (χ1v) is 4.28. The molecular weight excluding hydrogens is 185 g/mol. The number of rotatable bonds is 4. The van der Waals surface area contributed by atoms with Crippen molar-refractivity contribution < 1.29 is 14.4 Å². The van der Waals surface area contributed by atoms with Crippen LogP contribution >= 0.6 is 0 Å². The van der Waals surface area contributed by atoms with E-state index in [1.807, 2.05) is 19.1 Å². The van der Waals surface area contributed by atoms with Gasteiger partial charge in [-0.3, -0.25) is 4.79 Å². The molecular formula is C10H12FNO2. The molecule has 1 aromatic rings. The molecule has 0 aliphatic heterocycles. The summed E-state index contributed by atoms with van der Waals surface area (Å²) in [6.07, 6.45) is 0.145. The Morgan fingerprint density at radius 1 is 1.50 bits per heavy atom. The molecule has 0 heterocycles. The van der Waals surface area contributed by atoms with Crippen molar-refractivity contribution in [3.05, 3.63) is 35.4 Å². The first kappa shape index (κ1) is 10.7. The van der Waals surface area contributed by atoms with E-state index < -0.39 is 12.0 Å². The molecule has 0 radical (unpaired) electrons. The normalized spacial score (nSPS) is 12.4. The highest BCUT2D eigenvalue weighted by Crippen LogP contribution is 2.06. The Labute approximate surface area is 81.5 Å². The minimum Gasteiger partial charge on any atom is -0.480 e. The molecule has 0 aromatic heterocycles. The lowest BCUT2D eigenvalue weighted by Crippen LogP contribution is -2.33. The van der Waals surface area contributed by atoms with Crippen molar-refractivity contribution in [1.82, 2.24) is 5.54 Å². The first-order chi connectivity index (χ1) is 6.63. The third-order valence-electron chi connectivity index (χ3n) is 1.99. The maximum Gasteiger partial charge on any atom is 0.323 e. The van der Waals surface area contributed by atoms with Crippen molar-refractivity contribution in [3.63, 3.8) is 0 Å². The fourth-order valence-corrected chi connectivity index (χ4v) is 1.13. The van der Waals surface area contributed by atoms with Crippen LogP contribution in [0.4, 0.5) is 4.48 Å². The van der Waals surface area contributed by atoms with E-state index in [4.69, 9.17) is 5.11 Å². The summed E-state index contributed by atoms with van der Waals surface area (Å²) in [7, 11) is 0. The van der Waals surface area contributed by atoms with E-state index in [2.05, 4.69) is 0 Å². The third kappa shape index (κ3) is 2.81. The highest BCUT2D eigenvalue weighted by molar-refractivity contribution is 5.73. The lowest BCUT2D eigenvalue weighted by Gasteiger charge is -2.08. The predicted octanol–water partition coefficient (Wildman–Crippen LogP) is 1.46. The molecule has 1 rings (SSSR count). The molecule has 1 unspecified atom stereocenters. The van der Waals surface area contributed by atoms with E-state index in [1.165, 1.54) is 5.54 Å². The van der Waals surface area contributed by atoms with Crippen LogP contribution in [0.5, 0.6) is 0 Å². The summed E-state index contributed by atoms with van der Waals surface area (Å²) in [5.74, 6) is -1.19. The Kier molecular flexibility index (Phi) is 3.59. The lowest BCUT2D eigenvalue weighted by molar-refractivity contribution is -0.140. The molecule has 0 aliphatic carbocycles. The number of aryl methyl sites for hydroxylation is 1. The summed E-state index contributed by atoms with van der Waals surface area (Å²) >= 11 is 0. The summed E-state index contributed by atoms with van der Waals surface area (Å²) < 4.78 is 12.0. The lowest BCUT2D eigenvalue weighted by atomic mass is 10.1. The Bertz CT molecular complexity index is 310. The van der Waals surface area contributed by atoms with Gasteiger partial charge in [0, 0.05) is 6.42 Å². The number of hydrogen-bond donors (Lipinski definition) is 2. The number of benzene rings is 1. The van der Waals surface area contributed by atoms with Gasteiger partial charge in [-0.05, 0) is 12.5 Å². The summed E-state index contributed by atoms with van der Waals surface area (Å²) in [6, 6.07) is 6.15. The largest absolute Gasteiger partial charge is 0.480 e. The summed E-state index contributed by atoms with van der Waals surface area (Å²) in [6.45, 7) is 1.94. The van der Waals surface area contributed by atoms with Crippen molar-refractivity contribution in [1.29, 1.82) is 0 Å². The molecule has 0 amide bonds. The molecule has 1 atom stereocenters. The fourth-order valence-electron chi connectivity index (χ4n) is 1.13. The zero-order valence-corrected chi connectivity index (χ0v) is 7.83. The van der Waals surface area contributed by atoms with E-state index in [1.54, 1.807) is 12.1 Å². The van der Waals surface area contributed by atoms with Gasteiger partial charge in [-0.25, -0.2) is 0 Å². The average molecular weight is 197 g/mol. The standard InChI is InChI=1S/C10H12FNO2/c1-7-2-4-8(5-3-7)6-9(12-11)10(13)14/h2-5,9,12H,6H2,1H3,(H,13,14). The smallest absolute Gasteiger partial charge is 0.323 e. The molecule has 0 saturated carbocycles. The SMILES string of the molecule is Cc1ccc(CC(NF)C(=O)O)cc1. The highest BCUT2D eigenvalue weighted by Gasteiger charge is 2.16. The second kappa shape index (κ2) is 4.72. The molecule has 0 fully saturated rings. The number of halogens is 1. The average Bonchev–Trinajstić information content (AvgIpc) is 2.16. The van der Waals surface area contributed by atoms with Crippen LogP contribution in [0.25, 0.3) is 0 Å². The number of carboxylic acid groups (broad SMARTS) is 1. The number of carboxylic acids is 1. The zero-order valence-electron chi connectivity index (χ0n) is 7.83. The van der Waals surface area contributed by atoms with Gasteiger partial charge in [0.25, 0.3) is 0 Å². The molecule has 76 valence electrons. The van der Waals surface area contributed by atoms with Crippen LogP contribution < -0.4 is 5.54 Å². The van der Waals surface area contributed by atoms with E-state index >= 15 is 0 Å². The van der Waals surface area contributed by atoms with Crippen LogP contribution in [0.1, 0.15) is 11.1 Å². The Morgan fingerprint density at radius 3 is 2.50 bits per heavy atom. The van der Waals surface area contributed by atoms with Gasteiger partial charge in [-0.15, -0.1) is 10.0 Å². The van der Waals surface area contributed by atoms with E-state index in [0.29, 0.717) is 0 Å². The van der Waals surface area contributed by atoms with Crippen LogP contribution in [-0.4, -0.2) is 17.1 Å². The topological polar surface area (TPSA) is 49.3 Å². The monoisotopic (exact) mass is 197 g/mol. The zero-order chi connectivity index (χ0) is 10.6. The van der Waals surface area contributed by atoms with Crippen molar-refractivity contribution in [2.45, 2.75) is 19.4 Å². The van der Waals surface area contributed by atoms with E-state index in [9.17, 15) is 9.28 Å². The number of nitrogens with one attached hydrogen (secondary N) is 1. The Balaban J connectivity index is 2.67. The molecule has 0 saturated heterocycles. The Hall–Kier alpha value is -1.42. The minimum absolute atomic E-state index is 0.145. The van der Waals surface area contributed by atoms with Crippen molar-refractivity contribution in [2.75, 3.05) is 0 Å².